The highest BCUT2D eigenvalue weighted by Crippen LogP contribution is 2.34. The Bertz CT molecular complexity index is 1950. The van der Waals surface area contributed by atoms with Crippen molar-refractivity contribution in [2.24, 2.45) is 0 Å². The van der Waals surface area contributed by atoms with Crippen molar-refractivity contribution >= 4 is 5.97 Å². The normalized spacial score (nSPS) is 11.0. The maximum absolute atomic E-state index is 13.2. The molecule has 0 radical (unpaired) electrons. The number of hydrogen-bond acceptors (Lipinski definition) is 6. The molecule has 0 atom stereocenters. The maximum atomic E-state index is 13.2. The zero-order chi connectivity index (χ0) is 44.5. The average molecular weight is 869 g/mol. The Morgan fingerprint density at radius 1 is 0.406 bits per heavy atom. The summed E-state index contributed by atoms with van der Waals surface area (Å²) in [5.74, 6) is 2.48. The molecular weight excluding hydrogens is 793 g/mol. The molecule has 0 unspecified atom stereocenters. The van der Waals surface area contributed by atoms with Crippen LogP contribution < -0.4 is 18.9 Å². The molecule has 0 saturated carbocycles. The summed E-state index contributed by atoms with van der Waals surface area (Å²) in [5, 5.41) is 0. The van der Waals surface area contributed by atoms with Crippen molar-refractivity contribution in [1.82, 2.24) is 0 Å². The number of carbonyl (C=O) groups is 1. The molecule has 6 nitrogen and oxygen atoms in total. The van der Waals surface area contributed by atoms with Gasteiger partial charge in [-0.25, -0.2) is 4.79 Å². The van der Waals surface area contributed by atoms with Gasteiger partial charge in [0.05, 0.1) is 18.8 Å². The van der Waals surface area contributed by atoms with E-state index in [1.54, 1.807) is 12.1 Å². The molecule has 344 valence electrons. The summed E-state index contributed by atoms with van der Waals surface area (Å²) >= 11 is 0. The summed E-state index contributed by atoms with van der Waals surface area (Å²) in [6.07, 6.45) is 26.2. The summed E-state index contributed by atoms with van der Waals surface area (Å²) in [6.45, 7) is 4.63. The van der Waals surface area contributed by atoms with E-state index in [2.05, 4.69) is 43.3 Å². The van der Waals surface area contributed by atoms with E-state index in [9.17, 15) is 4.79 Å². The first-order valence-corrected chi connectivity index (χ1v) is 24.7. The largest absolute Gasteiger partial charge is 0.493 e. The van der Waals surface area contributed by atoms with Gasteiger partial charge in [-0.1, -0.05) is 219 Å². The molecule has 0 aliphatic carbocycles. The Kier molecular flexibility index (Phi) is 24.6. The van der Waals surface area contributed by atoms with Crippen LogP contribution in [0.5, 0.6) is 23.0 Å². The molecule has 0 heterocycles. The third-order valence-corrected chi connectivity index (χ3v) is 11.7. The SMILES string of the molecule is CCCCCCCCCCCCCCCCCCOc1cc(OCCCCCCc2cccc(OCc3ccccc3)c2OCc2ccccc2)cc(C(=O)OCc2ccccc2)c1. The highest BCUT2D eigenvalue weighted by Gasteiger charge is 2.14. The van der Waals surface area contributed by atoms with Gasteiger partial charge in [0.25, 0.3) is 0 Å². The van der Waals surface area contributed by atoms with Gasteiger partial charge in [0.15, 0.2) is 11.5 Å². The van der Waals surface area contributed by atoms with E-state index >= 15 is 0 Å². The number of esters is 1. The number of ether oxygens (including phenoxy) is 5. The molecule has 0 aliphatic heterocycles. The molecule has 0 amide bonds. The summed E-state index contributed by atoms with van der Waals surface area (Å²) in [4.78, 5) is 13.2. The second-order valence-corrected chi connectivity index (χ2v) is 17.2. The first-order chi connectivity index (χ1) is 31.7. The zero-order valence-electron chi connectivity index (χ0n) is 39.0. The van der Waals surface area contributed by atoms with Crippen LogP contribution in [-0.2, 0) is 31.0 Å². The second-order valence-electron chi connectivity index (χ2n) is 17.2. The van der Waals surface area contributed by atoms with E-state index in [4.69, 9.17) is 23.7 Å². The fourth-order valence-electron chi connectivity index (χ4n) is 7.96. The summed E-state index contributed by atoms with van der Waals surface area (Å²) in [5.41, 5.74) is 4.78. The van der Waals surface area contributed by atoms with Gasteiger partial charge in [-0.3, -0.25) is 0 Å². The van der Waals surface area contributed by atoms with Crippen molar-refractivity contribution in [3.8, 4) is 23.0 Å². The van der Waals surface area contributed by atoms with E-state index in [0.717, 1.165) is 78.7 Å². The van der Waals surface area contributed by atoms with Crippen molar-refractivity contribution in [3.63, 3.8) is 0 Å². The quantitative estimate of drug-likeness (QED) is 0.0299. The lowest BCUT2D eigenvalue weighted by atomic mass is 10.0. The number of para-hydroxylation sites is 1. The molecule has 0 bridgehead atoms. The van der Waals surface area contributed by atoms with Crippen molar-refractivity contribution in [2.45, 2.75) is 162 Å². The number of benzene rings is 5. The molecule has 0 aromatic heterocycles. The van der Waals surface area contributed by atoms with Crippen LogP contribution in [0.25, 0.3) is 0 Å². The Morgan fingerprint density at radius 3 is 1.34 bits per heavy atom. The van der Waals surface area contributed by atoms with E-state index in [1.807, 2.05) is 78.9 Å². The van der Waals surface area contributed by atoms with Gasteiger partial charge in [0.2, 0.25) is 0 Å². The molecule has 5 aromatic carbocycles. The molecule has 0 fully saturated rings. The Balaban J connectivity index is 1.03. The number of hydrogen-bond donors (Lipinski definition) is 0. The highest BCUT2D eigenvalue weighted by molar-refractivity contribution is 5.90. The van der Waals surface area contributed by atoms with Gasteiger partial charge in [-0.15, -0.1) is 0 Å². The van der Waals surface area contributed by atoms with Crippen LogP contribution in [-0.4, -0.2) is 19.2 Å². The molecule has 0 spiro atoms. The number of aryl methyl sites for hydroxylation is 1. The smallest absolute Gasteiger partial charge is 0.338 e. The van der Waals surface area contributed by atoms with E-state index in [0.29, 0.717) is 43.5 Å². The molecular formula is C58H76O6. The maximum Gasteiger partial charge on any atom is 0.338 e. The zero-order valence-corrected chi connectivity index (χ0v) is 39.0. The number of rotatable bonds is 35. The Hall–Kier alpha value is -5.23. The van der Waals surface area contributed by atoms with Crippen molar-refractivity contribution in [3.05, 3.63) is 155 Å². The van der Waals surface area contributed by atoms with Gasteiger partial charge in [0, 0.05) is 6.07 Å². The van der Waals surface area contributed by atoms with Crippen LogP contribution in [0.1, 0.15) is 168 Å². The molecule has 0 N–H and O–H groups in total. The third-order valence-electron chi connectivity index (χ3n) is 11.7. The van der Waals surface area contributed by atoms with Crippen molar-refractivity contribution in [2.75, 3.05) is 13.2 Å². The third kappa shape index (κ3) is 20.5. The minimum Gasteiger partial charge on any atom is -0.493 e. The van der Waals surface area contributed by atoms with Crippen molar-refractivity contribution in [1.29, 1.82) is 0 Å². The van der Waals surface area contributed by atoms with E-state index in [1.165, 1.54) is 89.9 Å². The lowest BCUT2D eigenvalue weighted by molar-refractivity contribution is 0.0471. The molecule has 5 rings (SSSR count). The summed E-state index contributed by atoms with van der Waals surface area (Å²) in [6, 6.07) is 41.9. The number of unbranched alkanes of at least 4 members (excludes halogenated alkanes) is 18. The average Bonchev–Trinajstić information content (AvgIpc) is 3.33. The second kappa shape index (κ2) is 31.6. The predicted octanol–water partition coefficient (Wildman–Crippen LogP) is 16.0. The van der Waals surface area contributed by atoms with Gasteiger partial charge in [0.1, 0.15) is 31.3 Å². The fraction of sp³-hybridized carbons (Fsp3) is 0.466. The van der Waals surface area contributed by atoms with Gasteiger partial charge < -0.3 is 23.7 Å². The fourth-order valence-corrected chi connectivity index (χ4v) is 7.96. The molecule has 64 heavy (non-hydrogen) atoms. The minimum atomic E-state index is -0.386. The van der Waals surface area contributed by atoms with E-state index in [-0.39, 0.29) is 12.6 Å². The Labute approximate surface area is 386 Å². The van der Waals surface area contributed by atoms with Gasteiger partial charge in [-0.2, -0.15) is 0 Å². The Morgan fingerprint density at radius 2 is 0.844 bits per heavy atom. The van der Waals surface area contributed by atoms with Gasteiger partial charge in [-0.05, 0) is 66.1 Å². The van der Waals surface area contributed by atoms with Crippen LogP contribution in [0.15, 0.2) is 127 Å². The van der Waals surface area contributed by atoms with Gasteiger partial charge >= 0.3 is 5.97 Å². The van der Waals surface area contributed by atoms with Crippen molar-refractivity contribution < 1.29 is 28.5 Å². The summed E-state index contributed by atoms with van der Waals surface area (Å²) in [7, 11) is 0. The first-order valence-electron chi connectivity index (χ1n) is 24.7. The highest BCUT2D eigenvalue weighted by atomic mass is 16.5. The lowest BCUT2D eigenvalue weighted by Crippen LogP contribution is -2.07. The molecule has 0 saturated heterocycles. The van der Waals surface area contributed by atoms with Crippen LogP contribution in [0.2, 0.25) is 0 Å². The monoisotopic (exact) mass is 869 g/mol. The van der Waals surface area contributed by atoms with Crippen LogP contribution in [0.3, 0.4) is 0 Å². The van der Waals surface area contributed by atoms with E-state index < -0.39 is 0 Å². The molecule has 0 aliphatic rings. The minimum absolute atomic E-state index is 0.214. The van der Waals surface area contributed by atoms with Crippen LogP contribution in [0.4, 0.5) is 0 Å². The topological polar surface area (TPSA) is 63.2 Å². The lowest BCUT2D eigenvalue weighted by Gasteiger charge is -2.17. The van der Waals surface area contributed by atoms with Crippen LogP contribution >= 0.6 is 0 Å². The molecule has 6 heteroatoms. The predicted molar refractivity (Wildman–Crippen MR) is 263 cm³/mol. The number of carbonyl (C=O) groups excluding carboxylic acids is 1. The van der Waals surface area contributed by atoms with Crippen LogP contribution in [0, 0.1) is 0 Å². The standard InChI is InChI=1S/C58H76O6/c1-2-3-4-5-6-7-8-9-10-11-12-13-14-15-17-29-41-60-54-43-53(58(59)64-48-51-36-26-21-27-37-51)44-55(45-54)61-42-30-18-16-28-38-52-39-31-40-56(62-46-49-32-22-19-23-33-49)57(52)63-47-50-34-24-20-25-35-50/h19-27,31-37,39-40,43-45H,2-18,28-30,38,41-42,46-48H2,1H3. The molecule has 5 aromatic rings. The summed E-state index contributed by atoms with van der Waals surface area (Å²) < 4.78 is 30.9. The first kappa shape index (κ1) is 49.8.